The van der Waals surface area contributed by atoms with E-state index in [1.54, 1.807) is 35.4 Å². The van der Waals surface area contributed by atoms with Crippen LogP contribution in [0.4, 0.5) is 4.79 Å². The van der Waals surface area contributed by atoms with Crippen molar-refractivity contribution in [3.8, 4) is 5.75 Å². The van der Waals surface area contributed by atoms with Gasteiger partial charge in [-0.15, -0.1) is 0 Å². The predicted molar refractivity (Wildman–Crippen MR) is 124 cm³/mol. The minimum atomic E-state index is -0.335. The molecule has 2 aromatic carbocycles. The van der Waals surface area contributed by atoms with Gasteiger partial charge in [0.1, 0.15) is 5.75 Å². The number of likely N-dealkylation sites (tertiary alicyclic amines) is 1. The molecular weight excluding hydrogens is 416 g/mol. The number of amides is 1. The van der Waals surface area contributed by atoms with Crippen LogP contribution in [0.25, 0.3) is 10.9 Å². The van der Waals surface area contributed by atoms with E-state index in [4.69, 9.17) is 9.84 Å². The Morgan fingerprint density at radius 2 is 1.70 bits per heavy atom. The highest BCUT2D eigenvalue weighted by molar-refractivity contribution is 6.01. The van der Waals surface area contributed by atoms with E-state index in [-0.39, 0.29) is 17.9 Å². The maximum Gasteiger partial charge on any atom is 0.415 e. The normalized spacial score (nSPS) is 14.4. The van der Waals surface area contributed by atoms with Gasteiger partial charge in [-0.2, -0.15) is 9.78 Å². The Balaban J connectivity index is 1.36. The van der Waals surface area contributed by atoms with Crippen LogP contribution in [0.5, 0.6) is 5.75 Å². The van der Waals surface area contributed by atoms with Crippen LogP contribution in [-0.2, 0) is 0 Å². The van der Waals surface area contributed by atoms with E-state index >= 15 is 0 Å². The van der Waals surface area contributed by atoms with Crippen LogP contribution in [-0.4, -0.2) is 44.8 Å². The van der Waals surface area contributed by atoms with Gasteiger partial charge in [0.25, 0.3) is 5.91 Å². The lowest BCUT2D eigenvalue weighted by Gasteiger charge is -2.30. The number of hydrogen-bond acceptors (Lipinski definition) is 5. The first-order valence-electron chi connectivity index (χ1n) is 11.1. The Morgan fingerprint density at radius 1 is 0.970 bits per heavy atom. The van der Waals surface area contributed by atoms with Crippen molar-refractivity contribution in [3.05, 3.63) is 89.9 Å². The summed E-state index contributed by atoms with van der Waals surface area (Å²) in [5, 5.41) is 5.74. The molecule has 33 heavy (non-hydrogen) atoms. The van der Waals surface area contributed by atoms with Crippen molar-refractivity contribution in [1.29, 1.82) is 0 Å². The molecule has 0 saturated carbocycles. The van der Waals surface area contributed by atoms with Crippen molar-refractivity contribution in [2.75, 3.05) is 13.1 Å². The van der Waals surface area contributed by atoms with Gasteiger partial charge in [0.05, 0.1) is 11.2 Å². The van der Waals surface area contributed by atoms with E-state index in [1.807, 2.05) is 49.4 Å². The number of nitrogens with zero attached hydrogens (tertiary/aromatic N) is 4. The van der Waals surface area contributed by atoms with Gasteiger partial charge in [-0.1, -0.05) is 36.4 Å². The van der Waals surface area contributed by atoms with E-state index < -0.39 is 0 Å². The minimum absolute atomic E-state index is 0.156. The first-order chi connectivity index (χ1) is 16.1. The van der Waals surface area contributed by atoms with Gasteiger partial charge in [0, 0.05) is 41.8 Å². The zero-order chi connectivity index (χ0) is 22.8. The van der Waals surface area contributed by atoms with Crippen LogP contribution >= 0.6 is 0 Å². The fraction of sp³-hybridized carbons (Fsp3) is 0.231. The third-order valence-electron chi connectivity index (χ3n) is 6.04. The maximum atomic E-state index is 13.2. The molecule has 0 N–H and O–H groups in total. The second-order valence-electron chi connectivity index (χ2n) is 8.25. The van der Waals surface area contributed by atoms with Crippen LogP contribution < -0.4 is 4.74 Å². The molecule has 166 valence electrons. The van der Waals surface area contributed by atoms with Crippen molar-refractivity contribution >= 4 is 22.9 Å². The number of piperidine rings is 1. The molecule has 1 saturated heterocycles. The molecule has 2 aromatic heterocycles. The summed E-state index contributed by atoms with van der Waals surface area (Å²) in [7, 11) is 0. The van der Waals surface area contributed by atoms with Crippen molar-refractivity contribution in [2.45, 2.75) is 25.7 Å². The SMILES string of the molecule is Cc1cc(C(=O)n2nc(C3CCN(C(=O)Oc4ccccc4)CC3)c3ccccc32)ccn1. The third-order valence-corrected chi connectivity index (χ3v) is 6.04. The van der Waals surface area contributed by atoms with E-state index in [0.29, 0.717) is 24.4 Å². The summed E-state index contributed by atoms with van der Waals surface area (Å²) in [6.45, 7) is 3.02. The minimum Gasteiger partial charge on any atom is -0.410 e. The smallest absolute Gasteiger partial charge is 0.410 e. The van der Waals surface area contributed by atoms with E-state index in [1.165, 1.54) is 4.68 Å². The molecule has 1 fully saturated rings. The lowest BCUT2D eigenvalue weighted by Crippen LogP contribution is -2.39. The molecule has 0 unspecified atom stereocenters. The van der Waals surface area contributed by atoms with Gasteiger partial charge in [-0.3, -0.25) is 9.78 Å². The van der Waals surface area contributed by atoms with Crippen LogP contribution in [0.2, 0.25) is 0 Å². The number of fused-ring (bicyclic) bond motifs is 1. The molecule has 7 nitrogen and oxygen atoms in total. The quantitative estimate of drug-likeness (QED) is 0.457. The summed E-state index contributed by atoms with van der Waals surface area (Å²) in [6, 6.07) is 20.4. The summed E-state index contributed by atoms with van der Waals surface area (Å²) in [4.78, 5) is 31.7. The number of pyridine rings is 1. The van der Waals surface area contributed by atoms with Crippen molar-refractivity contribution in [3.63, 3.8) is 0 Å². The molecule has 0 atom stereocenters. The number of rotatable bonds is 3. The molecular formula is C26H24N4O3. The molecule has 0 spiro atoms. The third kappa shape index (κ3) is 4.22. The average molecular weight is 441 g/mol. The van der Waals surface area contributed by atoms with Gasteiger partial charge in [0.15, 0.2) is 0 Å². The summed E-state index contributed by atoms with van der Waals surface area (Å²) < 4.78 is 6.97. The molecule has 0 aliphatic carbocycles. The number of aryl methyl sites for hydroxylation is 1. The van der Waals surface area contributed by atoms with Crippen molar-refractivity contribution in [2.24, 2.45) is 0 Å². The molecule has 4 aromatic rings. The fourth-order valence-electron chi connectivity index (χ4n) is 4.34. The fourth-order valence-corrected chi connectivity index (χ4v) is 4.34. The molecule has 0 radical (unpaired) electrons. The lowest BCUT2D eigenvalue weighted by atomic mass is 9.92. The van der Waals surface area contributed by atoms with Gasteiger partial charge in [-0.25, -0.2) is 4.79 Å². The highest BCUT2D eigenvalue weighted by Crippen LogP contribution is 2.33. The number of ether oxygens (including phenoxy) is 1. The molecule has 0 bridgehead atoms. The highest BCUT2D eigenvalue weighted by atomic mass is 16.6. The average Bonchev–Trinajstić information content (AvgIpc) is 3.24. The number of benzene rings is 2. The number of carbonyl (C=O) groups is 2. The first kappa shape index (κ1) is 20.9. The Kier molecular flexibility index (Phi) is 5.60. The Morgan fingerprint density at radius 3 is 2.45 bits per heavy atom. The number of aromatic nitrogens is 3. The predicted octanol–water partition coefficient (Wildman–Crippen LogP) is 4.81. The Hall–Kier alpha value is -4.00. The largest absolute Gasteiger partial charge is 0.415 e. The van der Waals surface area contributed by atoms with Crippen molar-refractivity contribution < 1.29 is 14.3 Å². The van der Waals surface area contributed by atoms with Crippen molar-refractivity contribution in [1.82, 2.24) is 19.7 Å². The zero-order valence-corrected chi connectivity index (χ0v) is 18.3. The Labute approximate surface area is 191 Å². The van der Waals surface area contributed by atoms with Gasteiger partial charge < -0.3 is 9.64 Å². The molecule has 1 aliphatic rings. The molecule has 1 amide bonds. The van der Waals surface area contributed by atoms with Gasteiger partial charge in [0.2, 0.25) is 0 Å². The lowest BCUT2D eigenvalue weighted by molar-refractivity contribution is 0.0949. The topological polar surface area (TPSA) is 77.3 Å². The highest BCUT2D eigenvalue weighted by Gasteiger charge is 2.29. The summed E-state index contributed by atoms with van der Waals surface area (Å²) in [5.74, 6) is 0.523. The molecule has 1 aliphatic heterocycles. The maximum absolute atomic E-state index is 13.2. The van der Waals surface area contributed by atoms with E-state index in [0.717, 1.165) is 35.1 Å². The number of carbonyl (C=O) groups excluding carboxylic acids is 2. The zero-order valence-electron chi connectivity index (χ0n) is 18.3. The van der Waals surface area contributed by atoms with Crippen LogP contribution in [0.3, 0.4) is 0 Å². The number of hydrogen-bond donors (Lipinski definition) is 0. The van der Waals surface area contributed by atoms with Crippen LogP contribution in [0.1, 0.15) is 40.5 Å². The number of para-hydroxylation sites is 2. The van der Waals surface area contributed by atoms with Gasteiger partial charge in [-0.05, 0) is 50.1 Å². The van der Waals surface area contributed by atoms with E-state index in [9.17, 15) is 9.59 Å². The Bertz CT molecular complexity index is 1310. The van der Waals surface area contributed by atoms with Gasteiger partial charge >= 0.3 is 6.09 Å². The summed E-state index contributed by atoms with van der Waals surface area (Å²) in [6.07, 6.45) is 2.82. The molecule has 7 heteroatoms. The molecule has 3 heterocycles. The monoisotopic (exact) mass is 440 g/mol. The standard InChI is InChI=1S/C26H24N4O3/c1-18-17-20(11-14-27-18)25(31)30-23-10-6-5-9-22(23)24(28-30)19-12-15-29(16-13-19)26(32)33-21-7-3-2-4-8-21/h2-11,14,17,19H,12-13,15-16H2,1H3. The van der Waals surface area contributed by atoms with E-state index in [2.05, 4.69) is 4.98 Å². The summed E-state index contributed by atoms with van der Waals surface area (Å²) in [5.41, 5.74) is 3.03. The summed E-state index contributed by atoms with van der Waals surface area (Å²) >= 11 is 0. The van der Waals surface area contributed by atoms with Crippen LogP contribution in [0, 0.1) is 6.92 Å². The second kappa shape index (κ2) is 8.86. The second-order valence-corrected chi connectivity index (χ2v) is 8.25. The first-order valence-corrected chi connectivity index (χ1v) is 11.1. The van der Waals surface area contributed by atoms with Crippen LogP contribution in [0.15, 0.2) is 72.9 Å². The molecule has 5 rings (SSSR count).